The zero-order valence-electron chi connectivity index (χ0n) is 15.1. The lowest BCUT2D eigenvalue weighted by Crippen LogP contribution is -2.41. The Morgan fingerprint density at radius 3 is 2.73 bits per heavy atom. The van der Waals surface area contributed by atoms with Gasteiger partial charge in [0, 0.05) is 10.9 Å². The third-order valence-corrected chi connectivity index (χ3v) is 5.50. The van der Waals surface area contributed by atoms with E-state index in [-0.39, 0.29) is 12.1 Å². The predicted molar refractivity (Wildman–Crippen MR) is 98.1 cm³/mol. The number of hydrogen-bond donors (Lipinski definition) is 1. The topological polar surface area (TPSA) is 62.3 Å². The third-order valence-electron chi connectivity index (χ3n) is 4.54. The SMILES string of the molecule is CC(C)CCc1nc(CN2C(=O)NC(C)(c3ccccc3F)C2=O)cs1. The predicted octanol–water partition coefficient (Wildman–Crippen LogP) is 3.84. The van der Waals surface area contributed by atoms with Crippen LogP contribution in [0.4, 0.5) is 9.18 Å². The zero-order chi connectivity index (χ0) is 18.9. The molecule has 3 rings (SSSR count). The van der Waals surface area contributed by atoms with E-state index in [2.05, 4.69) is 24.1 Å². The summed E-state index contributed by atoms with van der Waals surface area (Å²) in [6.45, 7) is 5.93. The van der Waals surface area contributed by atoms with Crippen molar-refractivity contribution in [3.05, 3.63) is 51.7 Å². The monoisotopic (exact) mass is 375 g/mol. The van der Waals surface area contributed by atoms with E-state index in [0.717, 1.165) is 22.7 Å². The minimum absolute atomic E-state index is 0.0902. The second kappa shape index (κ2) is 7.15. The molecule has 3 amide bonds. The van der Waals surface area contributed by atoms with Gasteiger partial charge >= 0.3 is 6.03 Å². The Morgan fingerprint density at radius 1 is 1.31 bits per heavy atom. The first-order chi connectivity index (χ1) is 12.3. The molecule has 0 aliphatic carbocycles. The van der Waals surface area contributed by atoms with Crippen LogP contribution in [0.3, 0.4) is 0 Å². The zero-order valence-corrected chi connectivity index (χ0v) is 15.9. The highest BCUT2D eigenvalue weighted by atomic mass is 32.1. The van der Waals surface area contributed by atoms with E-state index in [1.807, 2.05) is 5.38 Å². The fraction of sp³-hybridized carbons (Fsp3) is 0.421. The smallest absolute Gasteiger partial charge is 0.319 e. The molecule has 1 saturated heterocycles. The van der Waals surface area contributed by atoms with E-state index in [9.17, 15) is 14.0 Å². The van der Waals surface area contributed by atoms with Gasteiger partial charge in [-0.1, -0.05) is 32.0 Å². The van der Waals surface area contributed by atoms with Gasteiger partial charge in [0.1, 0.15) is 11.4 Å². The molecule has 0 bridgehead atoms. The van der Waals surface area contributed by atoms with E-state index < -0.39 is 23.3 Å². The van der Waals surface area contributed by atoms with Crippen molar-refractivity contribution in [1.29, 1.82) is 0 Å². The quantitative estimate of drug-likeness (QED) is 0.781. The van der Waals surface area contributed by atoms with Gasteiger partial charge in [0.05, 0.1) is 17.2 Å². The summed E-state index contributed by atoms with van der Waals surface area (Å²) in [6, 6.07) is 5.47. The molecule has 0 spiro atoms. The number of aromatic nitrogens is 1. The number of rotatable bonds is 6. The molecule has 138 valence electrons. The van der Waals surface area contributed by atoms with Crippen LogP contribution in [-0.4, -0.2) is 21.8 Å². The van der Waals surface area contributed by atoms with E-state index in [1.54, 1.807) is 12.1 Å². The maximum absolute atomic E-state index is 14.2. The lowest BCUT2D eigenvalue weighted by molar-refractivity contribution is -0.131. The highest BCUT2D eigenvalue weighted by molar-refractivity contribution is 7.09. The molecule has 1 N–H and O–H groups in total. The Hall–Kier alpha value is -2.28. The minimum Gasteiger partial charge on any atom is -0.319 e. The summed E-state index contributed by atoms with van der Waals surface area (Å²) in [5, 5.41) is 5.50. The average molecular weight is 375 g/mol. The van der Waals surface area contributed by atoms with Crippen LogP contribution in [0, 0.1) is 11.7 Å². The molecule has 2 aromatic rings. The number of hydrogen-bond acceptors (Lipinski definition) is 4. The number of amides is 3. The van der Waals surface area contributed by atoms with Crippen molar-refractivity contribution in [3.63, 3.8) is 0 Å². The molecule has 0 radical (unpaired) electrons. The van der Waals surface area contributed by atoms with Crippen molar-refractivity contribution in [2.75, 3.05) is 0 Å². The molecular weight excluding hydrogens is 353 g/mol. The number of thiazole rings is 1. The van der Waals surface area contributed by atoms with Gasteiger partial charge < -0.3 is 5.32 Å². The number of urea groups is 1. The van der Waals surface area contributed by atoms with E-state index in [1.165, 1.54) is 30.4 Å². The summed E-state index contributed by atoms with van der Waals surface area (Å²) in [5.41, 5.74) is -0.564. The summed E-state index contributed by atoms with van der Waals surface area (Å²) in [7, 11) is 0. The number of nitrogens with zero attached hydrogens (tertiary/aromatic N) is 2. The van der Waals surface area contributed by atoms with Crippen LogP contribution in [0.15, 0.2) is 29.6 Å². The standard InChI is InChI=1S/C19H22FN3O2S/c1-12(2)8-9-16-21-13(11-26-16)10-23-17(24)19(3,22-18(23)25)14-6-4-5-7-15(14)20/h4-7,11-12H,8-10H2,1-3H3,(H,22,25). The van der Waals surface area contributed by atoms with Crippen LogP contribution in [0.5, 0.6) is 0 Å². The van der Waals surface area contributed by atoms with E-state index in [4.69, 9.17) is 0 Å². The summed E-state index contributed by atoms with van der Waals surface area (Å²) >= 11 is 1.54. The second-order valence-electron chi connectivity index (χ2n) is 7.09. The lowest BCUT2D eigenvalue weighted by atomic mass is 9.91. The number of nitrogens with one attached hydrogen (secondary N) is 1. The van der Waals surface area contributed by atoms with Gasteiger partial charge in [0.25, 0.3) is 5.91 Å². The van der Waals surface area contributed by atoms with Gasteiger partial charge in [0.15, 0.2) is 0 Å². The number of imide groups is 1. The Labute approximate surface area is 156 Å². The van der Waals surface area contributed by atoms with Gasteiger partial charge in [-0.2, -0.15) is 0 Å². The molecule has 0 saturated carbocycles. The van der Waals surface area contributed by atoms with Crippen molar-refractivity contribution < 1.29 is 14.0 Å². The molecule has 26 heavy (non-hydrogen) atoms. The fourth-order valence-electron chi connectivity index (χ4n) is 3.00. The normalized spacial score (nSPS) is 20.1. The van der Waals surface area contributed by atoms with Crippen LogP contribution >= 0.6 is 11.3 Å². The minimum atomic E-state index is -1.40. The molecule has 1 aliphatic heterocycles. The number of carbonyl (C=O) groups excluding carboxylic acids is 2. The van der Waals surface area contributed by atoms with Crippen molar-refractivity contribution >= 4 is 23.3 Å². The van der Waals surface area contributed by atoms with Crippen molar-refractivity contribution in [2.24, 2.45) is 5.92 Å². The summed E-state index contributed by atoms with van der Waals surface area (Å²) in [5.74, 6) is -0.394. The largest absolute Gasteiger partial charge is 0.325 e. The van der Waals surface area contributed by atoms with Gasteiger partial charge in [-0.05, 0) is 31.7 Å². The van der Waals surface area contributed by atoms with Crippen molar-refractivity contribution in [1.82, 2.24) is 15.2 Å². The lowest BCUT2D eigenvalue weighted by Gasteiger charge is -2.22. The highest BCUT2D eigenvalue weighted by Crippen LogP contribution is 2.31. The Morgan fingerprint density at radius 2 is 2.04 bits per heavy atom. The molecule has 1 aliphatic rings. The average Bonchev–Trinajstić information content (AvgIpc) is 3.12. The first kappa shape index (κ1) is 18.5. The number of aryl methyl sites for hydroxylation is 1. The first-order valence-electron chi connectivity index (χ1n) is 8.63. The Balaban J connectivity index is 1.77. The molecule has 5 nitrogen and oxygen atoms in total. The molecule has 1 atom stereocenters. The molecule has 1 unspecified atom stereocenters. The number of benzene rings is 1. The summed E-state index contributed by atoms with van der Waals surface area (Å²) < 4.78 is 14.2. The van der Waals surface area contributed by atoms with Gasteiger partial charge in [0.2, 0.25) is 0 Å². The van der Waals surface area contributed by atoms with Crippen molar-refractivity contribution in [2.45, 2.75) is 45.7 Å². The Kier molecular flexibility index (Phi) is 5.09. The Bertz CT molecular complexity index is 836. The summed E-state index contributed by atoms with van der Waals surface area (Å²) in [6.07, 6.45) is 1.93. The maximum atomic E-state index is 14.2. The number of carbonyl (C=O) groups is 2. The van der Waals surface area contributed by atoms with Crippen LogP contribution < -0.4 is 5.32 Å². The highest BCUT2D eigenvalue weighted by Gasteiger charge is 2.50. The van der Waals surface area contributed by atoms with Crippen molar-refractivity contribution in [3.8, 4) is 0 Å². The second-order valence-corrected chi connectivity index (χ2v) is 8.03. The first-order valence-corrected chi connectivity index (χ1v) is 9.51. The molecule has 2 heterocycles. The molecule has 1 aromatic heterocycles. The molecule has 7 heteroatoms. The molecular formula is C19H22FN3O2S. The van der Waals surface area contributed by atoms with E-state index in [0.29, 0.717) is 11.6 Å². The van der Waals surface area contributed by atoms with Crippen LogP contribution in [-0.2, 0) is 23.3 Å². The van der Waals surface area contributed by atoms with Gasteiger partial charge in [-0.25, -0.2) is 14.2 Å². The third kappa shape index (κ3) is 3.49. The van der Waals surface area contributed by atoms with Crippen LogP contribution in [0.2, 0.25) is 0 Å². The fourth-order valence-corrected chi connectivity index (χ4v) is 3.81. The van der Waals surface area contributed by atoms with Gasteiger partial charge in [-0.15, -0.1) is 11.3 Å². The van der Waals surface area contributed by atoms with Crippen LogP contribution in [0.25, 0.3) is 0 Å². The maximum Gasteiger partial charge on any atom is 0.325 e. The molecule has 1 fully saturated rings. The molecule has 1 aromatic carbocycles. The van der Waals surface area contributed by atoms with Crippen LogP contribution in [0.1, 0.15) is 43.5 Å². The summed E-state index contributed by atoms with van der Waals surface area (Å²) in [4.78, 5) is 30.9. The van der Waals surface area contributed by atoms with Gasteiger partial charge in [-0.3, -0.25) is 9.69 Å². The number of halogens is 1. The van der Waals surface area contributed by atoms with E-state index >= 15 is 0 Å².